The van der Waals surface area contributed by atoms with Gasteiger partial charge < -0.3 is 10.1 Å². The van der Waals surface area contributed by atoms with Crippen LogP contribution in [0, 0.1) is 18.3 Å². The van der Waals surface area contributed by atoms with Crippen LogP contribution in [0.4, 0.5) is 0 Å². The van der Waals surface area contributed by atoms with Crippen LogP contribution in [-0.4, -0.2) is 19.2 Å². The average molecular weight is 188 g/mol. The second-order valence-electron chi connectivity index (χ2n) is 3.49. The largest absolute Gasteiger partial charge is 0.488 e. The van der Waals surface area contributed by atoms with Crippen LogP contribution in [0.15, 0.2) is 18.2 Å². The first-order valence-corrected chi connectivity index (χ1v) is 4.68. The average Bonchev–Trinajstić information content (AvgIpc) is 2.12. The van der Waals surface area contributed by atoms with Crippen LogP contribution in [0.25, 0.3) is 0 Å². The van der Waals surface area contributed by atoms with Crippen LogP contribution in [0.2, 0.25) is 0 Å². The first kappa shape index (κ1) is 9.04. The van der Waals surface area contributed by atoms with Crippen molar-refractivity contribution < 1.29 is 4.74 Å². The maximum absolute atomic E-state index is 8.75. The lowest BCUT2D eigenvalue weighted by Gasteiger charge is -2.27. The molecular weight excluding hydrogens is 176 g/mol. The molecule has 0 radical (unpaired) electrons. The topological polar surface area (TPSA) is 45.0 Å². The number of nitriles is 1. The summed E-state index contributed by atoms with van der Waals surface area (Å²) in [6, 6.07) is 7.70. The molecule has 0 bridgehead atoms. The monoisotopic (exact) mass is 188 g/mol. The fourth-order valence-electron chi connectivity index (χ4n) is 1.37. The van der Waals surface area contributed by atoms with Gasteiger partial charge in [-0.25, -0.2) is 0 Å². The fraction of sp³-hybridized carbons (Fsp3) is 0.364. The van der Waals surface area contributed by atoms with Gasteiger partial charge >= 0.3 is 0 Å². The molecule has 2 rings (SSSR count). The van der Waals surface area contributed by atoms with E-state index in [2.05, 4.69) is 11.4 Å². The van der Waals surface area contributed by atoms with Crippen molar-refractivity contribution in [1.29, 1.82) is 5.26 Å². The van der Waals surface area contributed by atoms with Crippen LogP contribution in [-0.2, 0) is 0 Å². The quantitative estimate of drug-likeness (QED) is 0.759. The van der Waals surface area contributed by atoms with E-state index < -0.39 is 0 Å². The normalized spacial score (nSPS) is 15.7. The minimum absolute atomic E-state index is 0.294. The summed E-state index contributed by atoms with van der Waals surface area (Å²) in [6.07, 6.45) is 0.294. The van der Waals surface area contributed by atoms with E-state index in [4.69, 9.17) is 10.00 Å². The molecule has 1 aromatic rings. The number of hydrogen-bond acceptors (Lipinski definition) is 3. The van der Waals surface area contributed by atoms with E-state index in [9.17, 15) is 0 Å². The molecule has 0 amide bonds. The van der Waals surface area contributed by atoms with Crippen LogP contribution in [0.5, 0.6) is 5.75 Å². The van der Waals surface area contributed by atoms with E-state index in [-0.39, 0.29) is 0 Å². The van der Waals surface area contributed by atoms with Gasteiger partial charge in [0, 0.05) is 13.1 Å². The molecule has 0 aliphatic carbocycles. The summed E-state index contributed by atoms with van der Waals surface area (Å²) in [4.78, 5) is 0. The number of rotatable bonds is 2. The third-order valence-corrected chi connectivity index (χ3v) is 2.37. The summed E-state index contributed by atoms with van der Waals surface area (Å²) in [7, 11) is 0. The highest BCUT2D eigenvalue weighted by Gasteiger charge is 2.18. The van der Waals surface area contributed by atoms with Crippen molar-refractivity contribution in [2.45, 2.75) is 13.0 Å². The zero-order valence-corrected chi connectivity index (χ0v) is 8.08. The number of nitrogens with zero attached hydrogens (tertiary/aromatic N) is 1. The van der Waals surface area contributed by atoms with Crippen molar-refractivity contribution in [1.82, 2.24) is 5.32 Å². The van der Waals surface area contributed by atoms with Gasteiger partial charge in [0.25, 0.3) is 0 Å². The zero-order chi connectivity index (χ0) is 9.97. The SMILES string of the molecule is Cc1cc(OC2CNC2)ccc1C#N. The summed E-state index contributed by atoms with van der Waals surface area (Å²) in [6.45, 7) is 3.75. The van der Waals surface area contributed by atoms with Crippen molar-refractivity contribution in [3.63, 3.8) is 0 Å². The van der Waals surface area contributed by atoms with Gasteiger partial charge in [0.05, 0.1) is 11.6 Å². The fourth-order valence-corrected chi connectivity index (χ4v) is 1.37. The third kappa shape index (κ3) is 1.70. The molecule has 1 aliphatic rings. The first-order valence-electron chi connectivity index (χ1n) is 4.68. The molecule has 3 nitrogen and oxygen atoms in total. The van der Waals surface area contributed by atoms with Crippen LogP contribution >= 0.6 is 0 Å². The molecule has 1 heterocycles. The highest BCUT2D eigenvalue weighted by molar-refractivity contribution is 5.41. The summed E-state index contributed by atoms with van der Waals surface area (Å²) in [5, 5.41) is 11.9. The number of hydrogen-bond donors (Lipinski definition) is 1. The third-order valence-electron chi connectivity index (χ3n) is 2.37. The Bertz CT molecular complexity index is 377. The van der Waals surface area contributed by atoms with E-state index in [1.165, 1.54) is 0 Å². The molecule has 14 heavy (non-hydrogen) atoms. The Balaban J connectivity index is 2.12. The Kier molecular flexibility index (Phi) is 2.38. The Morgan fingerprint density at radius 1 is 1.50 bits per heavy atom. The molecule has 0 saturated carbocycles. The number of ether oxygens (including phenoxy) is 1. The van der Waals surface area contributed by atoms with Gasteiger partial charge in [-0.1, -0.05) is 0 Å². The Morgan fingerprint density at radius 3 is 2.79 bits per heavy atom. The summed E-state index contributed by atoms with van der Waals surface area (Å²) in [5.74, 6) is 0.855. The van der Waals surface area contributed by atoms with Crippen LogP contribution < -0.4 is 10.1 Å². The molecule has 1 aromatic carbocycles. The van der Waals surface area contributed by atoms with Gasteiger partial charge in [0.1, 0.15) is 11.9 Å². The lowest BCUT2D eigenvalue weighted by atomic mass is 10.1. The minimum atomic E-state index is 0.294. The van der Waals surface area contributed by atoms with Gasteiger partial charge in [0.2, 0.25) is 0 Å². The van der Waals surface area contributed by atoms with Crippen molar-refractivity contribution in [3.05, 3.63) is 29.3 Å². The van der Waals surface area contributed by atoms with E-state index in [1.807, 2.05) is 19.1 Å². The Morgan fingerprint density at radius 2 is 2.29 bits per heavy atom. The smallest absolute Gasteiger partial charge is 0.123 e. The lowest BCUT2D eigenvalue weighted by molar-refractivity contribution is 0.142. The summed E-state index contributed by atoms with van der Waals surface area (Å²) in [5.41, 5.74) is 1.68. The van der Waals surface area contributed by atoms with Crippen LogP contribution in [0.3, 0.4) is 0 Å². The number of aryl methyl sites for hydroxylation is 1. The molecule has 72 valence electrons. The molecule has 1 saturated heterocycles. The van der Waals surface area contributed by atoms with Gasteiger partial charge in [-0.15, -0.1) is 0 Å². The molecule has 0 aromatic heterocycles. The Labute approximate surface area is 83.3 Å². The van der Waals surface area contributed by atoms with Gasteiger partial charge in [-0.3, -0.25) is 0 Å². The molecule has 0 atom stereocenters. The number of nitrogens with one attached hydrogen (secondary N) is 1. The van der Waals surface area contributed by atoms with Crippen molar-refractivity contribution in [2.75, 3.05) is 13.1 Å². The highest BCUT2D eigenvalue weighted by atomic mass is 16.5. The second kappa shape index (κ2) is 3.69. The second-order valence-corrected chi connectivity index (χ2v) is 3.49. The molecule has 0 spiro atoms. The molecular formula is C11H12N2O. The number of benzene rings is 1. The molecule has 0 unspecified atom stereocenters. The van der Waals surface area contributed by atoms with E-state index in [0.717, 1.165) is 24.4 Å². The van der Waals surface area contributed by atoms with E-state index >= 15 is 0 Å². The molecule has 3 heteroatoms. The van der Waals surface area contributed by atoms with Crippen molar-refractivity contribution in [2.24, 2.45) is 0 Å². The summed E-state index contributed by atoms with van der Waals surface area (Å²) < 4.78 is 5.66. The lowest BCUT2D eigenvalue weighted by Crippen LogP contribution is -2.50. The van der Waals surface area contributed by atoms with E-state index in [0.29, 0.717) is 11.7 Å². The molecule has 1 aliphatic heterocycles. The first-order chi connectivity index (χ1) is 6.79. The molecule has 1 N–H and O–H groups in total. The maximum atomic E-state index is 8.75. The van der Waals surface area contributed by atoms with Crippen molar-refractivity contribution in [3.8, 4) is 11.8 Å². The predicted octanol–water partition coefficient (Wildman–Crippen LogP) is 1.22. The standard InChI is InChI=1S/C11H12N2O/c1-8-4-10(3-2-9(8)5-12)14-11-6-13-7-11/h2-4,11,13H,6-7H2,1H3. The maximum Gasteiger partial charge on any atom is 0.123 e. The van der Waals surface area contributed by atoms with Gasteiger partial charge in [-0.05, 0) is 30.7 Å². The van der Waals surface area contributed by atoms with Crippen molar-refractivity contribution >= 4 is 0 Å². The minimum Gasteiger partial charge on any atom is -0.488 e. The molecule has 1 fully saturated rings. The van der Waals surface area contributed by atoms with Gasteiger partial charge in [0.15, 0.2) is 0 Å². The van der Waals surface area contributed by atoms with Crippen LogP contribution in [0.1, 0.15) is 11.1 Å². The predicted molar refractivity (Wildman–Crippen MR) is 53.2 cm³/mol. The Hall–Kier alpha value is -1.53. The zero-order valence-electron chi connectivity index (χ0n) is 8.08. The van der Waals surface area contributed by atoms with Gasteiger partial charge in [-0.2, -0.15) is 5.26 Å². The highest BCUT2D eigenvalue weighted by Crippen LogP contribution is 2.18. The van der Waals surface area contributed by atoms with E-state index in [1.54, 1.807) is 6.07 Å². The summed E-state index contributed by atoms with van der Waals surface area (Å²) >= 11 is 0.